The number of carbonyl (C=O) groups is 1. The van der Waals surface area contributed by atoms with Crippen molar-refractivity contribution in [2.45, 2.75) is 0 Å². The summed E-state index contributed by atoms with van der Waals surface area (Å²) >= 11 is 0. The van der Waals surface area contributed by atoms with Gasteiger partial charge in [-0.05, 0) is 17.7 Å². The number of halogens is 3. The second kappa shape index (κ2) is 5.52. The third-order valence-electron chi connectivity index (χ3n) is 2.50. The molecule has 2 aromatic carbocycles. The van der Waals surface area contributed by atoms with E-state index in [4.69, 9.17) is 0 Å². The highest BCUT2D eigenvalue weighted by atomic mass is 19.2. The summed E-state index contributed by atoms with van der Waals surface area (Å²) in [6.45, 7) is 0. The zero-order chi connectivity index (χ0) is 13.8. The van der Waals surface area contributed by atoms with Crippen molar-refractivity contribution in [3.63, 3.8) is 0 Å². The minimum atomic E-state index is -1.32. The molecular formula is C15H9F3O. The van der Waals surface area contributed by atoms with Gasteiger partial charge in [0.2, 0.25) is 0 Å². The maximum atomic E-state index is 13.3. The van der Waals surface area contributed by atoms with E-state index in [1.54, 1.807) is 24.3 Å². The van der Waals surface area contributed by atoms with Crippen LogP contribution >= 0.6 is 0 Å². The van der Waals surface area contributed by atoms with Gasteiger partial charge in [0.25, 0.3) is 0 Å². The van der Waals surface area contributed by atoms with E-state index >= 15 is 0 Å². The number of hydrogen-bond acceptors (Lipinski definition) is 1. The summed E-state index contributed by atoms with van der Waals surface area (Å²) in [6.07, 6.45) is 2.59. The highest BCUT2D eigenvalue weighted by Crippen LogP contribution is 2.15. The summed E-state index contributed by atoms with van der Waals surface area (Å²) in [4.78, 5) is 11.7. The first-order valence-electron chi connectivity index (χ1n) is 5.50. The molecule has 0 amide bonds. The van der Waals surface area contributed by atoms with Crippen LogP contribution in [0.3, 0.4) is 0 Å². The maximum absolute atomic E-state index is 13.3. The van der Waals surface area contributed by atoms with Gasteiger partial charge >= 0.3 is 0 Å². The van der Waals surface area contributed by atoms with Crippen LogP contribution in [0.2, 0.25) is 0 Å². The molecule has 19 heavy (non-hydrogen) atoms. The Balaban J connectivity index is 2.26. The molecule has 0 spiro atoms. The third kappa shape index (κ3) is 3.10. The molecule has 0 aliphatic rings. The van der Waals surface area contributed by atoms with Crippen LogP contribution in [0.1, 0.15) is 15.9 Å². The molecule has 0 heterocycles. The minimum Gasteiger partial charge on any atom is -0.289 e. The minimum absolute atomic E-state index is 0.360. The standard InChI is InChI=1S/C15H9F3O/c16-12-9-14(18)13(17)8-11(12)15(19)7-6-10-4-2-1-3-5-10/h1-9H/b7-6+. The Morgan fingerprint density at radius 2 is 1.53 bits per heavy atom. The molecule has 2 aromatic rings. The summed E-state index contributed by atoms with van der Waals surface area (Å²) < 4.78 is 39.0. The van der Waals surface area contributed by atoms with Crippen LogP contribution in [0, 0.1) is 17.5 Å². The SMILES string of the molecule is O=C(/C=C/c1ccccc1)c1cc(F)c(F)cc1F. The van der Waals surface area contributed by atoms with E-state index in [9.17, 15) is 18.0 Å². The molecule has 0 radical (unpaired) electrons. The predicted octanol–water partition coefficient (Wildman–Crippen LogP) is 4.00. The van der Waals surface area contributed by atoms with Crippen LogP contribution < -0.4 is 0 Å². The first-order valence-corrected chi connectivity index (χ1v) is 5.50. The molecule has 4 heteroatoms. The van der Waals surface area contributed by atoms with Crippen LogP contribution in [0.5, 0.6) is 0 Å². The van der Waals surface area contributed by atoms with Crippen molar-refractivity contribution in [1.82, 2.24) is 0 Å². The zero-order valence-electron chi connectivity index (χ0n) is 9.74. The molecule has 0 aliphatic carbocycles. The molecule has 0 saturated carbocycles. The molecule has 0 aromatic heterocycles. The van der Waals surface area contributed by atoms with E-state index in [1.165, 1.54) is 6.08 Å². The molecule has 2 rings (SSSR count). The summed E-state index contributed by atoms with van der Waals surface area (Å²) in [5.41, 5.74) is 0.255. The number of rotatable bonds is 3. The molecule has 0 atom stereocenters. The average Bonchev–Trinajstić information content (AvgIpc) is 2.41. The van der Waals surface area contributed by atoms with Gasteiger partial charge in [0, 0.05) is 6.07 Å². The Morgan fingerprint density at radius 1 is 0.895 bits per heavy atom. The smallest absolute Gasteiger partial charge is 0.188 e. The molecule has 0 saturated heterocycles. The van der Waals surface area contributed by atoms with Gasteiger partial charge in [-0.1, -0.05) is 36.4 Å². The summed E-state index contributed by atoms with van der Waals surface area (Å²) in [5.74, 6) is -4.37. The number of carbonyl (C=O) groups excluding carboxylic acids is 1. The van der Waals surface area contributed by atoms with Crippen LogP contribution in [-0.2, 0) is 0 Å². The van der Waals surface area contributed by atoms with Crippen molar-refractivity contribution < 1.29 is 18.0 Å². The van der Waals surface area contributed by atoms with Crippen molar-refractivity contribution in [3.8, 4) is 0 Å². The predicted molar refractivity (Wildman–Crippen MR) is 66.1 cm³/mol. The Morgan fingerprint density at radius 3 is 2.21 bits per heavy atom. The van der Waals surface area contributed by atoms with Crippen molar-refractivity contribution in [2.24, 2.45) is 0 Å². The molecular weight excluding hydrogens is 253 g/mol. The van der Waals surface area contributed by atoms with Gasteiger partial charge in [0.05, 0.1) is 5.56 Å². The van der Waals surface area contributed by atoms with Crippen LogP contribution in [0.25, 0.3) is 6.08 Å². The fraction of sp³-hybridized carbons (Fsp3) is 0. The topological polar surface area (TPSA) is 17.1 Å². The lowest BCUT2D eigenvalue weighted by Crippen LogP contribution is -2.01. The van der Waals surface area contributed by atoms with Gasteiger partial charge in [-0.3, -0.25) is 4.79 Å². The highest BCUT2D eigenvalue weighted by molar-refractivity contribution is 6.07. The van der Waals surface area contributed by atoms with Gasteiger partial charge in [-0.25, -0.2) is 13.2 Å². The lowest BCUT2D eigenvalue weighted by atomic mass is 10.1. The van der Waals surface area contributed by atoms with Gasteiger partial charge < -0.3 is 0 Å². The summed E-state index contributed by atoms with van der Waals surface area (Å²) in [6, 6.07) is 9.80. The van der Waals surface area contributed by atoms with E-state index in [1.807, 2.05) is 6.07 Å². The van der Waals surface area contributed by atoms with E-state index in [0.29, 0.717) is 12.1 Å². The van der Waals surface area contributed by atoms with Crippen LogP contribution in [0.15, 0.2) is 48.5 Å². The monoisotopic (exact) mass is 262 g/mol. The number of ketones is 1. The van der Waals surface area contributed by atoms with Gasteiger partial charge in [-0.15, -0.1) is 0 Å². The number of benzene rings is 2. The first kappa shape index (κ1) is 13.1. The Bertz CT molecular complexity index is 633. The van der Waals surface area contributed by atoms with E-state index in [-0.39, 0.29) is 0 Å². The van der Waals surface area contributed by atoms with Crippen molar-refractivity contribution in [2.75, 3.05) is 0 Å². The van der Waals surface area contributed by atoms with Gasteiger partial charge in [0.15, 0.2) is 17.4 Å². The third-order valence-corrected chi connectivity index (χ3v) is 2.50. The van der Waals surface area contributed by atoms with E-state index in [2.05, 4.69) is 0 Å². The van der Waals surface area contributed by atoms with E-state index in [0.717, 1.165) is 11.6 Å². The number of allylic oxidation sites excluding steroid dienone is 1. The normalized spacial score (nSPS) is 10.9. The Labute approximate surface area is 108 Å². The second-order valence-electron chi connectivity index (χ2n) is 3.85. The average molecular weight is 262 g/mol. The molecule has 0 N–H and O–H groups in total. The summed E-state index contributed by atoms with van der Waals surface area (Å²) in [7, 11) is 0. The van der Waals surface area contributed by atoms with Gasteiger partial charge in [-0.2, -0.15) is 0 Å². The molecule has 0 bridgehead atoms. The quantitative estimate of drug-likeness (QED) is 0.464. The van der Waals surface area contributed by atoms with Crippen molar-refractivity contribution in [1.29, 1.82) is 0 Å². The van der Waals surface area contributed by atoms with E-state index < -0.39 is 28.8 Å². The second-order valence-corrected chi connectivity index (χ2v) is 3.85. The highest BCUT2D eigenvalue weighted by Gasteiger charge is 2.14. The van der Waals surface area contributed by atoms with Crippen molar-refractivity contribution >= 4 is 11.9 Å². The molecule has 0 unspecified atom stereocenters. The molecule has 96 valence electrons. The molecule has 1 nitrogen and oxygen atoms in total. The maximum Gasteiger partial charge on any atom is 0.188 e. The fourth-order valence-corrected chi connectivity index (χ4v) is 1.54. The molecule has 0 aliphatic heterocycles. The lowest BCUT2D eigenvalue weighted by molar-refractivity contribution is 0.104. The number of hydrogen-bond donors (Lipinski definition) is 0. The first-order chi connectivity index (χ1) is 9.08. The Hall–Kier alpha value is -2.36. The van der Waals surface area contributed by atoms with Crippen LogP contribution in [-0.4, -0.2) is 5.78 Å². The van der Waals surface area contributed by atoms with Gasteiger partial charge in [0.1, 0.15) is 5.82 Å². The largest absolute Gasteiger partial charge is 0.289 e. The lowest BCUT2D eigenvalue weighted by Gasteiger charge is -2.00. The Kier molecular flexibility index (Phi) is 3.80. The zero-order valence-corrected chi connectivity index (χ0v) is 9.74. The van der Waals surface area contributed by atoms with Crippen molar-refractivity contribution in [3.05, 3.63) is 77.1 Å². The van der Waals surface area contributed by atoms with Crippen LogP contribution in [0.4, 0.5) is 13.2 Å². The fourth-order valence-electron chi connectivity index (χ4n) is 1.54. The summed E-state index contributed by atoms with van der Waals surface area (Å²) in [5, 5.41) is 0. The molecule has 0 fully saturated rings.